The number of phenols is 1. The molecular weight excluding hydrogens is 546 g/mol. The number of aliphatic hydroxyl groups is 1. The minimum absolute atomic E-state index is 0.0420. The molecular formula is C31H30FN2O6P. The highest BCUT2D eigenvalue weighted by atomic mass is 31.2. The highest BCUT2D eigenvalue weighted by molar-refractivity contribution is 7.60. The molecule has 212 valence electrons. The second-order valence-electron chi connectivity index (χ2n) is 10.1. The van der Waals surface area contributed by atoms with Crippen molar-refractivity contribution in [2.24, 2.45) is 0 Å². The first-order valence-corrected chi connectivity index (χ1v) is 14.7. The predicted molar refractivity (Wildman–Crippen MR) is 154 cm³/mol. The number of aliphatic hydroxyl groups excluding tert-OH is 1. The Morgan fingerprint density at radius 1 is 0.902 bits per heavy atom. The van der Waals surface area contributed by atoms with Crippen molar-refractivity contribution in [2.45, 2.75) is 31.0 Å². The van der Waals surface area contributed by atoms with Crippen molar-refractivity contribution in [1.82, 2.24) is 4.90 Å². The average Bonchev–Trinajstić information content (AvgIpc) is 3.21. The summed E-state index contributed by atoms with van der Waals surface area (Å²) in [6.45, 7) is 0. The summed E-state index contributed by atoms with van der Waals surface area (Å²) in [5.74, 6) is -0.433. The molecule has 4 aromatic rings. The highest BCUT2D eigenvalue weighted by Gasteiger charge is 2.46. The van der Waals surface area contributed by atoms with E-state index in [1.54, 1.807) is 47.2 Å². The third kappa shape index (κ3) is 5.89. The molecule has 4 N–H and O–H groups in total. The van der Waals surface area contributed by atoms with E-state index < -0.39 is 31.6 Å². The lowest BCUT2D eigenvalue weighted by molar-refractivity contribution is 0.148. The van der Waals surface area contributed by atoms with Crippen molar-refractivity contribution in [2.75, 3.05) is 11.9 Å². The first kappa shape index (κ1) is 28.5. The first-order valence-electron chi connectivity index (χ1n) is 13.1. The van der Waals surface area contributed by atoms with E-state index in [4.69, 9.17) is 0 Å². The minimum Gasteiger partial charge on any atom is -0.508 e. The van der Waals surface area contributed by atoms with Gasteiger partial charge in [-0.15, -0.1) is 0 Å². The van der Waals surface area contributed by atoms with Gasteiger partial charge in [0, 0.05) is 18.3 Å². The maximum absolute atomic E-state index is 13.6. The Labute approximate surface area is 237 Å². The number of anilines is 1. The number of para-hydroxylation sites is 1. The number of rotatable bonds is 8. The van der Waals surface area contributed by atoms with Crippen molar-refractivity contribution in [3.05, 3.63) is 114 Å². The van der Waals surface area contributed by atoms with Gasteiger partial charge in [0.05, 0.1) is 23.5 Å². The SMILES string of the molecule is CN1C(=O)N(c2ccccc2)[C@H](c2ccc(-c3ccc(P(=O)(O)O)cc3)cc2O)[C@H]1CCC(O)c1ccc(F)cc1. The normalized spacial score (nSPS) is 18.1. The van der Waals surface area contributed by atoms with Crippen LogP contribution in [0.5, 0.6) is 5.75 Å². The second kappa shape index (κ2) is 11.5. The Kier molecular flexibility index (Phi) is 7.98. The van der Waals surface area contributed by atoms with Crippen molar-refractivity contribution in [1.29, 1.82) is 0 Å². The van der Waals surface area contributed by atoms with Crippen LogP contribution in [0.1, 0.15) is 36.1 Å². The number of nitrogens with zero attached hydrogens (tertiary/aromatic N) is 2. The largest absolute Gasteiger partial charge is 0.508 e. The number of hydrogen-bond acceptors (Lipinski definition) is 4. The van der Waals surface area contributed by atoms with Gasteiger partial charge < -0.3 is 24.9 Å². The Morgan fingerprint density at radius 2 is 1.54 bits per heavy atom. The van der Waals surface area contributed by atoms with Crippen LogP contribution >= 0.6 is 7.60 Å². The number of carbonyl (C=O) groups excluding carboxylic acids is 1. The van der Waals surface area contributed by atoms with E-state index in [1.165, 1.54) is 36.4 Å². The van der Waals surface area contributed by atoms with Crippen LogP contribution in [-0.4, -0.2) is 44.0 Å². The lowest BCUT2D eigenvalue weighted by Gasteiger charge is -2.29. The van der Waals surface area contributed by atoms with Crippen molar-refractivity contribution in [3.8, 4) is 16.9 Å². The quantitative estimate of drug-likeness (QED) is 0.206. The van der Waals surface area contributed by atoms with E-state index >= 15 is 0 Å². The molecule has 8 nitrogen and oxygen atoms in total. The van der Waals surface area contributed by atoms with Crippen LogP contribution in [0, 0.1) is 5.82 Å². The molecule has 0 radical (unpaired) electrons. The third-order valence-corrected chi connectivity index (χ3v) is 8.53. The number of urea groups is 1. The minimum atomic E-state index is -4.38. The van der Waals surface area contributed by atoms with Crippen LogP contribution in [0.2, 0.25) is 0 Å². The van der Waals surface area contributed by atoms with Gasteiger partial charge >= 0.3 is 13.6 Å². The molecule has 2 amide bonds. The topological polar surface area (TPSA) is 122 Å². The van der Waals surface area contributed by atoms with Crippen LogP contribution in [0.3, 0.4) is 0 Å². The van der Waals surface area contributed by atoms with Gasteiger partial charge in [-0.3, -0.25) is 9.46 Å². The van der Waals surface area contributed by atoms with E-state index in [0.717, 1.165) is 0 Å². The maximum atomic E-state index is 13.6. The first-order chi connectivity index (χ1) is 19.5. The van der Waals surface area contributed by atoms with Gasteiger partial charge in [-0.05, 0) is 72.0 Å². The molecule has 1 aliphatic rings. The number of carbonyl (C=O) groups is 1. The zero-order valence-corrected chi connectivity index (χ0v) is 23.1. The fourth-order valence-electron chi connectivity index (χ4n) is 5.37. The molecule has 0 saturated carbocycles. The van der Waals surface area contributed by atoms with Gasteiger partial charge in [0.1, 0.15) is 11.6 Å². The number of hydrogen-bond donors (Lipinski definition) is 4. The van der Waals surface area contributed by atoms with E-state index in [9.17, 15) is 33.7 Å². The van der Waals surface area contributed by atoms with Crippen LogP contribution in [0.15, 0.2) is 97.1 Å². The molecule has 1 fully saturated rings. The molecule has 0 spiro atoms. The van der Waals surface area contributed by atoms with Gasteiger partial charge in [-0.2, -0.15) is 0 Å². The summed E-state index contributed by atoms with van der Waals surface area (Å²) in [7, 11) is -2.68. The van der Waals surface area contributed by atoms with Crippen LogP contribution in [0.4, 0.5) is 14.9 Å². The Bertz CT molecular complexity index is 1580. The molecule has 1 saturated heterocycles. The fourth-order valence-corrected chi connectivity index (χ4v) is 5.91. The lowest BCUT2D eigenvalue weighted by atomic mass is 9.91. The molecule has 1 unspecified atom stereocenters. The van der Waals surface area contributed by atoms with E-state index in [0.29, 0.717) is 40.8 Å². The van der Waals surface area contributed by atoms with Crippen LogP contribution < -0.4 is 10.2 Å². The molecule has 1 aliphatic heterocycles. The zero-order valence-electron chi connectivity index (χ0n) is 22.2. The average molecular weight is 577 g/mol. The Balaban J connectivity index is 1.48. The molecule has 41 heavy (non-hydrogen) atoms. The van der Waals surface area contributed by atoms with Crippen LogP contribution in [0.25, 0.3) is 11.1 Å². The molecule has 0 bridgehead atoms. The monoisotopic (exact) mass is 576 g/mol. The molecule has 0 aliphatic carbocycles. The summed E-state index contributed by atoms with van der Waals surface area (Å²) < 4.78 is 24.9. The highest BCUT2D eigenvalue weighted by Crippen LogP contribution is 2.44. The van der Waals surface area contributed by atoms with Crippen LogP contribution in [-0.2, 0) is 4.57 Å². The van der Waals surface area contributed by atoms with Crippen molar-refractivity contribution in [3.63, 3.8) is 0 Å². The standard InChI is InChI=1S/C31H30FN2O6P/c1-33-27(17-18-28(35)21-7-12-23(32)13-8-21)30(34(31(33)37)24-5-3-2-4-6-24)26-16-11-22(19-29(26)36)20-9-14-25(15-10-20)41(38,39)40/h2-16,19,27-28,30,35-36H,17-18H2,1H3,(H2,38,39,40)/t27-,28?,30-/m1/s1. The number of likely N-dealkylation sites (N-methyl/N-ethyl adjacent to an activating group) is 1. The summed E-state index contributed by atoms with van der Waals surface area (Å²) in [5, 5.41) is 22.0. The summed E-state index contributed by atoms with van der Waals surface area (Å²) in [6.07, 6.45) is -0.157. The van der Waals surface area contributed by atoms with E-state index in [1.807, 2.05) is 30.3 Å². The van der Waals surface area contributed by atoms with Gasteiger partial charge in [0.2, 0.25) is 0 Å². The summed E-state index contributed by atoms with van der Waals surface area (Å²) >= 11 is 0. The molecule has 3 atom stereocenters. The number of halogens is 1. The number of phenolic OH excluding ortho intramolecular Hbond substituents is 1. The third-order valence-electron chi connectivity index (χ3n) is 7.56. The summed E-state index contributed by atoms with van der Waals surface area (Å²) in [5.41, 5.74) is 3.04. The lowest BCUT2D eigenvalue weighted by Crippen LogP contribution is -2.31. The molecule has 5 rings (SSSR count). The van der Waals surface area contributed by atoms with Crippen molar-refractivity contribution < 1.29 is 33.7 Å². The molecule has 4 aromatic carbocycles. The second-order valence-corrected chi connectivity index (χ2v) is 11.7. The van der Waals surface area contributed by atoms with E-state index in [2.05, 4.69) is 0 Å². The van der Waals surface area contributed by atoms with E-state index in [-0.39, 0.29) is 17.1 Å². The zero-order chi connectivity index (χ0) is 29.3. The summed E-state index contributed by atoms with van der Waals surface area (Å²) in [6, 6.07) is 24.5. The molecule has 10 heteroatoms. The number of aromatic hydroxyl groups is 1. The molecule has 0 aromatic heterocycles. The molecule has 1 heterocycles. The van der Waals surface area contributed by atoms with Gasteiger partial charge in [0.15, 0.2) is 0 Å². The Morgan fingerprint density at radius 3 is 2.15 bits per heavy atom. The van der Waals surface area contributed by atoms with Crippen molar-refractivity contribution >= 4 is 24.6 Å². The predicted octanol–water partition coefficient (Wildman–Crippen LogP) is 5.50. The Hall–Kier alpha value is -4.01. The van der Waals surface area contributed by atoms with Gasteiger partial charge in [-0.25, -0.2) is 9.18 Å². The fraction of sp³-hybridized carbons (Fsp3) is 0.194. The number of amides is 2. The number of benzene rings is 4. The smallest absolute Gasteiger partial charge is 0.356 e. The maximum Gasteiger partial charge on any atom is 0.356 e. The van der Waals surface area contributed by atoms with Gasteiger partial charge in [-0.1, -0.05) is 54.6 Å². The summed E-state index contributed by atoms with van der Waals surface area (Å²) in [4.78, 5) is 35.6. The van der Waals surface area contributed by atoms with Gasteiger partial charge in [0.25, 0.3) is 0 Å².